The van der Waals surface area contributed by atoms with Gasteiger partial charge in [-0.1, -0.05) is 12.1 Å². The number of ether oxygens (including phenoxy) is 2. The summed E-state index contributed by atoms with van der Waals surface area (Å²) in [6.07, 6.45) is 4.30. The van der Waals surface area contributed by atoms with Crippen LogP contribution in [0.3, 0.4) is 0 Å². The number of nitrogens with one attached hydrogen (secondary N) is 1. The predicted molar refractivity (Wildman–Crippen MR) is 108 cm³/mol. The zero-order chi connectivity index (χ0) is 19.4. The van der Waals surface area contributed by atoms with Gasteiger partial charge in [0.05, 0.1) is 14.2 Å². The lowest BCUT2D eigenvalue weighted by atomic mass is 9.74. The van der Waals surface area contributed by atoms with Gasteiger partial charge in [-0.15, -0.1) is 0 Å². The van der Waals surface area contributed by atoms with Crippen LogP contribution in [0.25, 0.3) is 0 Å². The van der Waals surface area contributed by atoms with Crippen molar-refractivity contribution in [3.05, 3.63) is 58.4 Å². The highest BCUT2D eigenvalue weighted by Crippen LogP contribution is 2.46. The van der Waals surface area contributed by atoms with Crippen LogP contribution in [0.4, 0.5) is 4.39 Å². The molecule has 2 aromatic carbocycles. The van der Waals surface area contributed by atoms with Gasteiger partial charge in [0, 0.05) is 12.1 Å². The van der Waals surface area contributed by atoms with Gasteiger partial charge in [-0.3, -0.25) is 0 Å². The van der Waals surface area contributed by atoms with Crippen molar-refractivity contribution in [3.8, 4) is 11.5 Å². The first-order valence-corrected chi connectivity index (χ1v) is 9.73. The van der Waals surface area contributed by atoms with Crippen molar-refractivity contribution in [2.24, 2.45) is 0 Å². The van der Waals surface area contributed by atoms with E-state index < -0.39 is 0 Å². The maximum Gasteiger partial charge on any atom is 0.164 e. The minimum atomic E-state index is -0.166. The zero-order valence-corrected chi connectivity index (χ0v) is 16.8. The number of hydrogen-bond acceptors (Lipinski definition) is 3. The fraction of sp³-hybridized carbons (Fsp3) is 0.478. The van der Waals surface area contributed by atoms with Crippen molar-refractivity contribution in [1.82, 2.24) is 5.32 Å². The molecule has 1 aliphatic carbocycles. The van der Waals surface area contributed by atoms with E-state index in [9.17, 15) is 4.39 Å². The van der Waals surface area contributed by atoms with Gasteiger partial charge in [0.15, 0.2) is 11.5 Å². The number of hydrogen-bond donors (Lipinski definition) is 1. The summed E-state index contributed by atoms with van der Waals surface area (Å²) in [7, 11) is 5.37. The van der Waals surface area contributed by atoms with E-state index in [1.807, 2.05) is 13.1 Å². The Bertz CT molecular complexity index is 790. The largest absolute Gasteiger partial charge is 0.493 e. The summed E-state index contributed by atoms with van der Waals surface area (Å²) in [5, 5.41) is 3.29. The average Bonchev–Trinajstić information content (AvgIpc) is 2.67. The molecule has 0 aliphatic heterocycles. The Morgan fingerprint density at radius 3 is 2.70 bits per heavy atom. The molecular formula is C23H30FNO2. The third kappa shape index (κ3) is 4.11. The third-order valence-electron chi connectivity index (χ3n) is 5.75. The van der Waals surface area contributed by atoms with E-state index in [-0.39, 0.29) is 11.7 Å². The molecule has 0 radical (unpaired) electrons. The summed E-state index contributed by atoms with van der Waals surface area (Å²) < 4.78 is 25.0. The number of fused-ring (bicyclic) bond motifs is 1. The molecular weight excluding hydrogens is 341 g/mol. The molecule has 0 saturated heterocycles. The number of methoxy groups -OCH3 is 2. The maximum absolute atomic E-state index is 13.8. The highest BCUT2D eigenvalue weighted by atomic mass is 19.1. The fourth-order valence-corrected chi connectivity index (χ4v) is 4.63. The number of halogens is 1. The molecule has 27 heavy (non-hydrogen) atoms. The fourth-order valence-electron chi connectivity index (χ4n) is 4.63. The molecule has 146 valence electrons. The summed E-state index contributed by atoms with van der Waals surface area (Å²) in [4.78, 5) is 0. The van der Waals surface area contributed by atoms with Crippen molar-refractivity contribution in [1.29, 1.82) is 0 Å². The molecule has 1 N–H and O–H groups in total. The van der Waals surface area contributed by atoms with Crippen molar-refractivity contribution in [2.45, 2.75) is 44.4 Å². The first-order valence-electron chi connectivity index (χ1n) is 9.73. The van der Waals surface area contributed by atoms with Crippen LogP contribution in [0.2, 0.25) is 0 Å². The van der Waals surface area contributed by atoms with Gasteiger partial charge in [-0.25, -0.2) is 4.39 Å². The monoisotopic (exact) mass is 371 g/mol. The first kappa shape index (κ1) is 19.7. The Balaban J connectivity index is 1.97. The number of rotatable bonds is 7. The number of likely N-dealkylation sites (N-methyl/N-ethyl adjacent to an activating group) is 1. The van der Waals surface area contributed by atoms with Gasteiger partial charge >= 0.3 is 0 Å². The van der Waals surface area contributed by atoms with E-state index >= 15 is 0 Å². The Kier molecular flexibility index (Phi) is 6.38. The van der Waals surface area contributed by atoms with Crippen molar-refractivity contribution in [3.63, 3.8) is 0 Å². The van der Waals surface area contributed by atoms with Gasteiger partial charge in [0.25, 0.3) is 0 Å². The summed E-state index contributed by atoms with van der Waals surface area (Å²) >= 11 is 0. The van der Waals surface area contributed by atoms with Crippen LogP contribution in [0.5, 0.6) is 11.5 Å². The van der Waals surface area contributed by atoms with Crippen molar-refractivity contribution in [2.75, 3.05) is 27.8 Å². The van der Waals surface area contributed by atoms with Gasteiger partial charge in [-0.05, 0) is 86.4 Å². The normalized spacial score (nSPS) is 17.3. The molecule has 4 heteroatoms. The minimum absolute atomic E-state index is 0.166. The van der Waals surface area contributed by atoms with Crippen LogP contribution < -0.4 is 14.8 Å². The second kappa shape index (κ2) is 8.75. The molecule has 2 atom stereocenters. The van der Waals surface area contributed by atoms with Crippen LogP contribution >= 0.6 is 0 Å². The molecule has 0 heterocycles. The Hall–Kier alpha value is -2.07. The van der Waals surface area contributed by atoms with E-state index in [0.717, 1.165) is 49.3 Å². The summed E-state index contributed by atoms with van der Waals surface area (Å²) in [6.45, 7) is 3.00. The van der Waals surface area contributed by atoms with Crippen LogP contribution in [0, 0.1) is 12.7 Å². The lowest BCUT2D eigenvalue weighted by Crippen LogP contribution is -2.22. The third-order valence-corrected chi connectivity index (χ3v) is 5.75. The van der Waals surface area contributed by atoms with Gasteiger partial charge < -0.3 is 14.8 Å². The summed E-state index contributed by atoms with van der Waals surface area (Å²) in [5.74, 6) is 2.23. The Morgan fingerprint density at radius 2 is 2.04 bits per heavy atom. The topological polar surface area (TPSA) is 30.5 Å². The molecule has 3 nitrogen and oxygen atoms in total. The quantitative estimate of drug-likeness (QED) is 0.746. The van der Waals surface area contributed by atoms with Gasteiger partial charge in [0.1, 0.15) is 5.82 Å². The summed E-state index contributed by atoms with van der Waals surface area (Å²) in [6, 6.07) is 9.12. The standard InChI is InChI=1S/C23H30FNO2/c1-15-11-21(26-3)23(27-4)20-10-6-8-17(22(15)20)12-18(14-25-2)16-7-5-9-19(24)13-16/h5,7,9,11,13,17-18,25H,6,8,10,12,14H2,1-4H3. The Morgan fingerprint density at radius 1 is 1.22 bits per heavy atom. The molecule has 0 amide bonds. The second-order valence-electron chi connectivity index (χ2n) is 7.46. The minimum Gasteiger partial charge on any atom is -0.493 e. The predicted octanol–water partition coefficient (Wildman–Crippen LogP) is 4.96. The van der Waals surface area contributed by atoms with E-state index in [1.54, 1.807) is 26.4 Å². The molecule has 2 unspecified atom stereocenters. The SMILES string of the molecule is CNCC(CC1CCCc2c(OC)c(OC)cc(C)c21)c1cccc(F)c1. The first-order chi connectivity index (χ1) is 13.1. The molecule has 0 bridgehead atoms. The molecule has 0 aromatic heterocycles. The molecule has 2 aromatic rings. The number of benzene rings is 2. The molecule has 0 fully saturated rings. The van der Waals surface area contributed by atoms with Crippen LogP contribution in [-0.4, -0.2) is 27.8 Å². The van der Waals surface area contributed by atoms with E-state index in [2.05, 4.69) is 18.3 Å². The Labute approximate surface area is 161 Å². The zero-order valence-electron chi connectivity index (χ0n) is 16.8. The van der Waals surface area contributed by atoms with E-state index in [1.165, 1.54) is 22.8 Å². The molecule has 0 saturated carbocycles. The van der Waals surface area contributed by atoms with E-state index in [4.69, 9.17) is 9.47 Å². The average molecular weight is 371 g/mol. The summed E-state index contributed by atoms with van der Waals surface area (Å²) in [5.41, 5.74) is 5.01. The second-order valence-corrected chi connectivity index (χ2v) is 7.46. The van der Waals surface area contributed by atoms with Crippen molar-refractivity contribution < 1.29 is 13.9 Å². The lowest BCUT2D eigenvalue weighted by Gasteiger charge is -2.32. The highest BCUT2D eigenvalue weighted by Gasteiger charge is 2.29. The maximum atomic E-state index is 13.8. The van der Waals surface area contributed by atoms with Gasteiger partial charge in [-0.2, -0.15) is 0 Å². The highest BCUT2D eigenvalue weighted by molar-refractivity contribution is 5.56. The number of aryl methyl sites for hydroxylation is 1. The van der Waals surface area contributed by atoms with Crippen LogP contribution in [0.15, 0.2) is 30.3 Å². The van der Waals surface area contributed by atoms with Crippen molar-refractivity contribution >= 4 is 0 Å². The molecule has 1 aliphatic rings. The molecule has 3 rings (SSSR count). The smallest absolute Gasteiger partial charge is 0.164 e. The van der Waals surface area contributed by atoms with Gasteiger partial charge in [0.2, 0.25) is 0 Å². The van der Waals surface area contributed by atoms with Crippen LogP contribution in [-0.2, 0) is 6.42 Å². The van der Waals surface area contributed by atoms with Crippen LogP contribution in [0.1, 0.15) is 53.4 Å². The van der Waals surface area contributed by atoms with E-state index in [0.29, 0.717) is 5.92 Å². The molecule has 0 spiro atoms. The lowest BCUT2D eigenvalue weighted by molar-refractivity contribution is 0.346.